The SMILES string of the molecule is CNCc1ccncc1Oc1cc(Br)c(OC)cc1Br. The average Bonchev–Trinajstić information content (AvgIpc) is 2.45. The first-order valence-corrected chi connectivity index (χ1v) is 7.52. The lowest BCUT2D eigenvalue weighted by atomic mass is 10.2. The summed E-state index contributed by atoms with van der Waals surface area (Å²) in [6, 6.07) is 5.64. The number of rotatable bonds is 5. The number of nitrogens with zero attached hydrogens (tertiary/aromatic N) is 1. The molecule has 0 aliphatic rings. The van der Waals surface area contributed by atoms with E-state index in [-0.39, 0.29) is 0 Å². The van der Waals surface area contributed by atoms with Gasteiger partial charge in [-0.05, 0) is 57.1 Å². The van der Waals surface area contributed by atoms with Crippen LogP contribution in [0.15, 0.2) is 39.5 Å². The van der Waals surface area contributed by atoms with Crippen molar-refractivity contribution in [3.8, 4) is 17.2 Å². The molecule has 0 radical (unpaired) electrons. The van der Waals surface area contributed by atoms with Crippen molar-refractivity contribution in [3.05, 3.63) is 45.1 Å². The molecule has 1 aromatic heterocycles. The molecule has 1 heterocycles. The van der Waals surface area contributed by atoms with E-state index < -0.39 is 0 Å². The number of hydrogen-bond acceptors (Lipinski definition) is 4. The highest BCUT2D eigenvalue weighted by Gasteiger charge is 2.11. The topological polar surface area (TPSA) is 43.4 Å². The zero-order chi connectivity index (χ0) is 14.5. The Bertz CT molecular complexity index is 606. The molecule has 1 aromatic carbocycles. The van der Waals surface area contributed by atoms with Crippen LogP contribution >= 0.6 is 31.9 Å². The summed E-state index contributed by atoms with van der Waals surface area (Å²) in [5, 5.41) is 3.11. The van der Waals surface area contributed by atoms with Crippen LogP contribution in [0.5, 0.6) is 17.2 Å². The van der Waals surface area contributed by atoms with E-state index in [9.17, 15) is 0 Å². The molecule has 0 bridgehead atoms. The van der Waals surface area contributed by atoms with Crippen molar-refractivity contribution in [1.82, 2.24) is 10.3 Å². The van der Waals surface area contributed by atoms with Gasteiger partial charge in [-0.25, -0.2) is 0 Å². The molecule has 0 saturated carbocycles. The molecule has 4 nitrogen and oxygen atoms in total. The first kappa shape index (κ1) is 15.3. The zero-order valence-corrected chi connectivity index (χ0v) is 14.3. The van der Waals surface area contributed by atoms with Gasteiger partial charge in [-0.2, -0.15) is 0 Å². The Kier molecular flexibility index (Phi) is 5.39. The predicted octanol–water partition coefficient (Wildman–Crippen LogP) is 4.13. The summed E-state index contributed by atoms with van der Waals surface area (Å²) in [7, 11) is 3.52. The highest BCUT2D eigenvalue weighted by atomic mass is 79.9. The molecule has 0 unspecified atom stereocenters. The second kappa shape index (κ2) is 7.06. The van der Waals surface area contributed by atoms with Gasteiger partial charge >= 0.3 is 0 Å². The van der Waals surface area contributed by atoms with Crippen molar-refractivity contribution in [1.29, 1.82) is 0 Å². The van der Waals surface area contributed by atoms with Crippen LogP contribution in [-0.4, -0.2) is 19.1 Å². The third-order valence-corrected chi connectivity index (χ3v) is 3.90. The summed E-state index contributed by atoms with van der Waals surface area (Å²) < 4.78 is 12.8. The number of hydrogen-bond donors (Lipinski definition) is 1. The molecule has 0 amide bonds. The van der Waals surface area contributed by atoms with Crippen LogP contribution in [0.3, 0.4) is 0 Å². The lowest BCUT2D eigenvalue weighted by molar-refractivity contribution is 0.409. The number of nitrogens with one attached hydrogen (secondary N) is 1. The van der Waals surface area contributed by atoms with Crippen molar-refractivity contribution < 1.29 is 9.47 Å². The lowest BCUT2D eigenvalue weighted by Crippen LogP contribution is -2.06. The molecule has 106 valence electrons. The van der Waals surface area contributed by atoms with Gasteiger partial charge in [0.2, 0.25) is 0 Å². The van der Waals surface area contributed by atoms with E-state index in [0.717, 1.165) is 26.0 Å². The summed E-state index contributed by atoms with van der Waals surface area (Å²) in [4.78, 5) is 4.11. The first-order valence-electron chi connectivity index (χ1n) is 5.94. The third kappa shape index (κ3) is 3.50. The summed E-state index contributed by atoms with van der Waals surface area (Å²) in [6.45, 7) is 0.715. The number of ether oxygens (including phenoxy) is 2. The van der Waals surface area contributed by atoms with Crippen LogP contribution in [0.25, 0.3) is 0 Å². The quantitative estimate of drug-likeness (QED) is 0.817. The third-order valence-electron chi connectivity index (χ3n) is 2.66. The minimum Gasteiger partial charge on any atom is -0.496 e. The van der Waals surface area contributed by atoms with E-state index in [4.69, 9.17) is 9.47 Å². The second-order valence-electron chi connectivity index (χ2n) is 4.03. The van der Waals surface area contributed by atoms with Crippen molar-refractivity contribution in [3.63, 3.8) is 0 Å². The molecule has 0 saturated heterocycles. The Hall–Kier alpha value is -1.11. The highest BCUT2D eigenvalue weighted by Crippen LogP contribution is 2.38. The number of benzene rings is 1. The van der Waals surface area contributed by atoms with Gasteiger partial charge in [-0.15, -0.1) is 0 Å². The molecule has 0 aliphatic heterocycles. The van der Waals surface area contributed by atoms with E-state index in [1.165, 1.54) is 0 Å². The Morgan fingerprint density at radius 1 is 1.15 bits per heavy atom. The summed E-state index contributed by atoms with van der Waals surface area (Å²) in [5.41, 5.74) is 1.04. The Labute approximate surface area is 134 Å². The maximum Gasteiger partial charge on any atom is 0.150 e. The molecular weight excluding hydrogens is 388 g/mol. The van der Waals surface area contributed by atoms with Crippen LogP contribution in [0.1, 0.15) is 5.56 Å². The summed E-state index contributed by atoms with van der Waals surface area (Å²) in [5.74, 6) is 2.16. The van der Waals surface area contributed by atoms with Gasteiger partial charge in [0.25, 0.3) is 0 Å². The molecule has 0 fully saturated rings. The monoisotopic (exact) mass is 400 g/mol. The summed E-state index contributed by atoms with van der Waals surface area (Å²) in [6.07, 6.45) is 3.45. The number of methoxy groups -OCH3 is 1. The molecule has 20 heavy (non-hydrogen) atoms. The van der Waals surface area contributed by atoms with Crippen LogP contribution in [0.2, 0.25) is 0 Å². The Morgan fingerprint density at radius 2 is 1.85 bits per heavy atom. The van der Waals surface area contributed by atoms with E-state index in [0.29, 0.717) is 12.3 Å². The van der Waals surface area contributed by atoms with Crippen molar-refractivity contribution in [2.45, 2.75) is 6.54 Å². The Balaban J connectivity index is 2.33. The highest BCUT2D eigenvalue weighted by molar-refractivity contribution is 9.11. The van der Waals surface area contributed by atoms with Gasteiger partial charge in [0.1, 0.15) is 17.2 Å². The van der Waals surface area contributed by atoms with E-state index in [2.05, 4.69) is 42.2 Å². The average molecular weight is 402 g/mol. The molecule has 1 N–H and O–H groups in total. The van der Waals surface area contributed by atoms with E-state index in [1.54, 1.807) is 19.5 Å². The zero-order valence-electron chi connectivity index (χ0n) is 11.1. The normalized spacial score (nSPS) is 10.4. The molecule has 2 rings (SSSR count). The maximum absolute atomic E-state index is 5.94. The fourth-order valence-corrected chi connectivity index (χ4v) is 2.59. The molecule has 2 aromatic rings. The second-order valence-corrected chi connectivity index (χ2v) is 5.74. The molecule has 0 aliphatic carbocycles. The number of halogens is 2. The van der Waals surface area contributed by atoms with Crippen molar-refractivity contribution in [2.75, 3.05) is 14.2 Å². The van der Waals surface area contributed by atoms with Crippen molar-refractivity contribution >= 4 is 31.9 Å². The summed E-state index contributed by atoms with van der Waals surface area (Å²) >= 11 is 6.93. The number of aromatic nitrogens is 1. The van der Waals surface area contributed by atoms with Crippen LogP contribution in [-0.2, 0) is 6.54 Å². The standard InChI is InChI=1S/C14H14Br2N2O2/c1-17-7-9-3-4-18-8-14(9)20-13-6-10(15)12(19-2)5-11(13)16/h3-6,8,17H,7H2,1-2H3. The number of pyridine rings is 1. The first-order chi connectivity index (χ1) is 9.65. The van der Waals surface area contributed by atoms with Gasteiger partial charge in [0.15, 0.2) is 0 Å². The van der Waals surface area contributed by atoms with Gasteiger partial charge in [-0.1, -0.05) is 0 Å². The molecule has 0 atom stereocenters. The lowest BCUT2D eigenvalue weighted by Gasteiger charge is -2.13. The Morgan fingerprint density at radius 3 is 2.55 bits per heavy atom. The predicted molar refractivity (Wildman–Crippen MR) is 85.5 cm³/mol. The smallest absolute Gasteiger partial charge is 0.150 e. The fourth-order valence-electron chi connectivity index (χ4n) is 1.70. The minimum atomic E-state index is 0.697. The minimum absolute atomic E-state index is 0.697. The van der Waals surface area contributed by atoms with Crippen molar-refractivity contribution in [2.24, 2.45) is 0 Å². The van der Waals surface area contributed by atoms with E-state index >= 15 is 0 Å². The van der Waals surface area contributed by atoms with Gasteiger partial charge in [-0.3, -0.25) is 4.98 Å². The van der Waals surface area contributed by atoms with Gasteiger partial charge < -0.3 is 14.8 Å². The molecular formula is C14H14Br2N2O2. The maximum atomic E-state index is 5.94. The van der Waals surface area contributed by atoms with Gasteiger partial charge in [0, 0.05) is 18.3 Å². The van der Waals surface area contributed by atoms with Crippen LogP contribution < -0.4 is 14.8 Å². The fraction of sp³-hybridized carbons (Fsp3) is 0.214. The van der Waals surface area contributed by atoms with Crippen LogP contribution in [0.4, 0.5) is 0 Å². The molecule has 0 spiro atoms. The van der Waals surface area contributed by atoms with Crippen LogP contribution in [0, 0.1) is 0 Å². The van der Waals surface area contributed by atoms with E-state index in [1.807, 2.05) is 25.2 Å². The molecule has 6 heteroatoms. The largest absolute Gasteiger partial charge is 0.496 e. The van der Waals surface area contributed by atoms with Gasteiger partial charge in [0.05, 0.1) is 22.3 Å².